The van der Waals surface area contributed by atoms with E-state index in [-0.39, 0.29) is 23.1 Å². The fourth-order valence-electron chi connectivity index (χ4n) is 6.51. The van der Waals surface area contributed by atoms with Crippen LogP contribution in [0.3, 0.4) is 0 Å². The molecule has 1 heterocycles. The standard InChI is InChI=1S/C32H36Cl2N4O8S2/c1-47(42,43)36-26-12-5-6-13-27(26)38-29(24-15-14-21(33)17-25(24)34)28(22-10-3-4-11-23(22)32(38)41)31(40)35-46-18-19-8-7-9-20(16-19)30(39)37-48(2,44)45/h3-4,7-11,14-17,26-30,36-37,39H,5-6,12-13,18H2,1-2H3,(H,35,40)/t26-,27-,28+,29-,30?/m0/s1. The first-order chi connectivity index (χ1) is 22.6. The van der Waals surface area contributed by atoms with Crippen molar-refractivity contribution in [3.8, 4) is 0 Å². The van der Waals surface area contributed by atoms with Crippen molar-refractivity contribution in [1.29, 1.82) is 0 Å². The van der Waals surface area contributed by atoms with Crippen molar-refractivity contribution in [2.24, 2.45) is 0 Å². The maximum Gasteiger partial charge on any atom is 0.255 e. The van der Waals surface area contributed by atoms with Crippen LogP contribution in [0.15, 0.2) is 66.7 Å². The molecule has 258 valence electrons. The Kier molecular flexibility index (Phi) is 11.2. The average molecular weight is 740 g/mol. The van der Waals surface area contributed by atoms with Crippen molar-refractivity contribution < 1.29 is 36.4 Å². The third kappa shape index (κ3) is 8.55. The molecular weight excluding hydrogens is 703 g/mol. The molecule has 1 aliphatic carbocycles. The lowest BCUT2D eigenvalue weighted by atomic mass is 9.76. The van der Waals surface area contributed by atoms with Crippen molar-refractivity contribution in [1.82, 2.24) is 19.8 Å². The van der Waals surface area contributed by atoms with E-state index >= 15 is 0 Å². The van der Waals surface area contributed by atoms with Gasteiger partial charge < -0.3 is 10.0 Å². The van der Waals surface area contributed by atoms with Gasteiger partial charge in [0.1, 0.15) is 6.23 Å². The molecule has 0 aromatic heterocycles. The Bertz CT molecular complexity index is 1910. The largest absolute Gasteiger partial charge is 0.373 e. The topological polar surface area (TPSA) is 171 Å². The van der Waals surface area contributed by atoms with Gasteiger partial charge in [-0.05, 0) is 59.4 Å². The van der Waals surface area contributed by atoms with Gasteiger partial charge in [-0.15, -0.1) is 0 Å². The number of amides is 2. The number of hydrogen-bond acceptors (Lipinski definition) is 8. The lowest BCUT2D eigenvalue weighted by molar-refractivity contribution is -0.138. The quantitative estimate of drug-likeness (QED) is 0.169. The summed E-state index contributed by atoms with van der Waals surface area (Å²) in [5.74, 6) is -1.99. The van der Waals surface area contributed by atoms with E-state index in [2.05, 4.69) is 14.9 Å². The Morgan fingerprint density at radius 1 is 0.958 bits per heavy atom. The van der Waals surface area contributed by atoms with Gasteiger partial charge in [0.2, 0.25) is 20.0 Å². The Balaban J connectivity index is 1.50. The molecule has 1 fully saturated rings. The van der Waals surface area contributed by atoms with Crippen molar-refractivity contribution in [3.63, 3.8) is 0 Å². The van der Waals surface area contributed by atoms with E-state index in [0.717, 1.165) is 25.4 Å². The predicted molar refractivity (Wildman–Crippen MR) is 181 cm³/mol. The fraction of sp³-hybridized carbons (Fsp3) is 0.375. The van der Waals surface area contributed by atoms with E-state index in [0.29, 0.717) is 40.1 Å². The van der Waals surface area contributed by atoms with Crippen LogP contribution >= 0.6 is 23.2 Å². The molecule has 1 unspecified atom stereocenters. The third-order valence-electron chi connectivity index (χ3n) is 8.40. The molecule has 48 heavy (non-hydrogen) atoms. The molecule has 3 aromatic rings. The van der Waals surface area contributed by atoms with Gasteiger partial charge in [0.25, 0.3) is 11.8 Å². The smallest absolute Gasteiger partial charge is 0.255 e. The normalized spacial score (nSPS) is 22.2. The molecular formula is C32H36Cl2N4O8S2. The lowest BCUT2D eigenvalue weighted by Crippen LogP contribution is -2.59. The maximum absolute atomic E-state index is 14.4. The number of carbonyl (C=O) groups is 2. The summed E-state index contributed by atoms with van der Waals surface area (Å²) < 4.78 is 52.7. The van der Waals surface area contributed by atoms with Crippen LogP contribution in [0.4, 0.5) is 0 Å². The lowest BCUT2D eigenvalue weighted by Gasteiger charge is -2.49. The number of sulfonamides is 2. The monoisotopic (exact) mass is 738 g/mol. The molecule has 5 atom stereocenters. The zero-order valence-corrected chi connectivity index (χ0v) is 29.2. The number of rotatable bonds is 11. The molecule has 1 saturated carbocycles. The second kappa shape index (κ2) is 14.8. The minimum absolute atomic E-state index is 0.141. The minimum atomic E-state index is -3.68. The summed E-state index contributed by atoms with van der Waals surface area (Å²) >= 11 is 13.0. The van der Waals surface area contributed by atoms with Crippen LogP contribution in [0.1, 0.15) is 76.5 Å². The molecule has 0 saturated heterocycles. The van der Waals surface area contributed by atoms with E-state index in [4.69, 9.17) is 28.0 Å². The summed E-state index contributed by atoms with van der Waals surface area (Å²) in [6, 6.07) is 15.7. The Labute approximate surface area is 289 Å². The average Bonchev–Trinajstić information content (AvgIpc) is 3.00. The first-order valence-corrected chi connectivity index (χ1v) is 19.7. The molecule has 0 bridgehead atoms. The number of halogens is 2. The number of nitrogens with zero attached hydrogens (tertiary/aromatic N) is 1. The van der Waals surface area contributed by atoms with Gasteiger partial charge in [-0.25, -0.2) is 27.0 Å². The number of nitrogens with one attached hydrogen (secondary N) is 3. The van der Waals surface area contributed by atoms with Crippen molar-refractivity contribution in [3.05, 3.63) is 105 Å². The van der Waals surface area contributed by atoms with Crippen molar-refractivity contribution in [2.45, 2.75) is 62.6 Å². The van der Waals surface area contributed by atoms with Crippen molar-refractivity contribution >= 4 is 55.1 Å². The summed E-state index contributed by atoms with van der Waals surface area (Å²) in [5.41, 5.74) is 4.50. The molecule has 2 aliphatic rings. The molecule has 4 N–H and O–H groups in total. The third-order valence-corrected chi connectivity index (χ3v) is 10.3. The Morgan fingerprint density at radius 3 is 2.40 bits per heavy atom. The summed E-state index contributed by atoms with van der Waals surface area (Å²) in [6.07, 6.45) is 3.01. The van der Waals surface area contributed by atoms with E-state index in [1.165, 1.54) is 18.2 Å². The van der Waals surface area contributed by atoms with E-state index in [1.807, 2.05) is 0 Å². The van der Waals surface area contributed by atoms with Crippen LogP contribution in [0.25, 0.3) is 0 Å². The van der Waals surface area contributed by atoms with Crippen LogP contribution in [0.2, 0.25) is 10.0 Å². The molecule has 2 amide bonds. The number of benzene rings is 3. The number of aliphatic hydroxyl groups is 1. The number of fused-ring (bicyclic) bond motifs is 1. The summed E-state index contributed by atoms with van der Waals surface area (Å²) in [5, 5.41) is 10.9. The highest BCUT2D eigenvalue weighted by atomic mass is 35.5. The molecule has 3 aromatic carbocycles. The first-order valence-electron chi connectivity index (χ1n) is 15.1. The van der Waals surface area contributed by atoms with Gasteiger partial charge in [-0.1, -0.05) is 78.5 Å². The zero-order valence-electron chi connectivity index (χ0n) is 26.1. The highest BCUT2D eigenvalue weighted by molar-refractivity contribution is 7.89. The molecule has 1 aliphatic heterocycles. The highest BCUT2D eigenvalue weighted by Crippen LogP contribution is 2.47. The number of hydrogen-bond donors (Lipinski definition) is 4. The van der Waals surface area contributed by atoms with Crippen LogP contribution in [-0.2, 0) is 36.3 Å². The zero-order chi connectivity index (χ0) is 34.8. The van der Waals surface area contributed by atoms with Gasteiger partial charge in [-0.2, -0.15) is 4.72 Å². The van der Waals surface area contributed by atoms with Gasteiger partial charge in [0, 0.05) is 27.7 Å². The Hall–Kier alpha value is -3.08. The number of aliphatic hydroxyl groups excluding tert-OH is 1. The van der Waals surface area contributed by atoms with Crippen molar-refractivity contribution in [2.75, 3.05) is 12.5 Å². The Morgan fingerprint density at radius 2 is 1.69 bits per heavy atom. The van der Waals surface area contributed by atoms with Gasteiger partial charge in [0.05, 0.1) is 31.1 Å². The summed E-state index contributed by atoms with van der Waals surface area (Å²) in [7, 11) is -7.31. The van der Waals surface area contributed by atoms with Crippen LogP contribution in [0, 0.1) is 0 Å². The highest BCUT2D eigenvalue weighted by Gasteiger charge is 2.49. The second-order valence-electron chi connectivity index (χ2n) is 12.0. The van der Waals surface area contributed by atoms with Gasteiger partial charge >= 0.3 is 0 Å². The van der Waals surface area contributed by atoms with E-state index < -0.39 is 56.2 Å². The maximum atomic E-state index is 14.4. The van der Waals surface area contributed by atoms with Crippen LogP contribution in [0.5, 0.6) is 0 Å². The van der Waals surface area contributed by atoms with Crippen LogP contribution in [-0.4, -0.2) is 63.3 Å². The van der Waals surface area contributed by atoms with E-state index in [9.17, 15) is 31.5 Å². The number of hydroxylamine groups is 1. The second-order valence-corrected chi connectivity index (χ2v) is 16.4. The molecule has 16 heteroatoms. The van der Waals surface area contributed by atoms with Gasteiger partial charge in [0.15, 0.2) is 0 Å². The minimum Gasteiger partial charge on any atom is -0.373 e. The van der Waals surface area contributed by atoms with E-state index in [1.54, 1.807) is 53.4 Å². The number of carbonyl (C=O) groups excluding carboxylic acids is 2. The van der Waals surface area contributed by atoms with Gasteiger partial charge in [-0.3, -0.25) is 14.4 Å². The predicted octanol–water partition coefficient (Wildman–Crippen LogP) is 3.92. The first kappa shape index (κ1) is 36.2. The fourth-order valence-corrected chi connectivity index (χ4v) is 8.39. The molecule has 12 nitrogen and oxygen atoms in total. The molecule has 0 spiro atoms. The summed E-state index contributed by atoms with van der Waals surface area (Å²) in [6.45, 7) is -0.141. The summed E-state index contributed by atoms with van der Waals surface area (Å²) in [4.78, 5) is 35.8. The molecule has 5 rings (SSSR count). The SMILES string of the molecule is CS(=O)(=O)NC(O)c1cccc(CONC(=O)[C@@H]2c3ccccc3C(=O)N([C@H]3CCCC[C@@H]3NS(C)(=O)=O)[C@H]2c2ccc(Cl)cc2Cl)c1. The molecule has 0 radical (unpaired) electrons. The van der Waals surface area contributed by atoms with Crippen LogP contribution < -0.4 is 14.9 Å².